The van der Waals surface area contributed by atoms with Crippen LogP contribution in [0.1, 0.15) is 40.9 Å². The van der Waals surface area contributed by atoms with E-state index in [0.29, 0.717) is 6.04 Å². The molecule has 1 aliphatic heterocycles. The number of nitrogens with zero attached hydrogens (tertiary/aromatic N) is 2. The second-order valence-electron chi connectivity index (χ2n) is 5.60. The molecular formula is C16H23N3OS. The zero-order chi connectivity index (χ0) is 14.5. The van der Waals surface area contributed by atoms with Crippen molar-refractivity contribution in [2.24, 2.45) is 0 Å². The Morgan fingerprint density at radius 1 is 1.38 bits per heavy atom. The molecule has 5 heteroatoms. The largest absolute Gasteiger partial charge is 0.468 e. The van der Waals surface area contributed by atoms with E-state index in [0.717, 1.165) is 23.9 Å². The van der Waals surface area contributed by atoms with E-state index in [4.69, 9.17) is 4.42 Å². The number of furan rings is 1. The molecule has 114 valence electrons. The predicted molar refractivity (Wildman–Crippen MR) is 85.4 cm³/mol. The van der Waals surface area contributed by atoms with Crippen molar-refractivity contribution >= 4 is 11.3 Å². The highest BCUT2D eigenvalue weighted by Gasteiger charge is 2.23. The van der Waals surface area contributed by atoms with E-state index in [1.165, 1.54) is 37.2 Å². The number of hydrogen-bond acceptors (Lipinski definition) is 5. The van der Waals surface area contributed by atoms with Gasteiger partial charge in [0.15, 0.2) is 0 Å². The van der Waals surface area contributed by atoms with Gasteiger partial charge in [0.2, 0.25) is 0 Å². The van der Waals surface area contributed by atoms with Gasteiger partial charge in [-0.2, -0.15) is 0 Å². The minimum absolute atomic E-state index is 0.342. The third-order valence-electron chi connectivity index (χ3n) is 4.01. The summed E-state index contributed by atoms with van der Waals surface area (Å²) < 4.78 is 5.66. The Hall–Kier alpha value is -1.17. The van der Waals surface area contributed by atoms with Crippen LogP contribution < -0.4 is 5.32 Å². The minimum Gasteiger partial charge on any atom is -0.468 e. The lowest BCUT2D eigenvalue weighted by Gasteiger charge is -2.33. The van der Waals surface area contributed by atoms with Gasteiger partial charge in [0.05, 0.1) is 17.3 Å². The first-order valence-electron chi connectivity index (χ1n) is 7.72. The molecule has 1 saturated heterocycles. The van der Waals surface area contributed by atoms with Crippen LogP contribution in [-0.4, -0.2) is 29.5 Å². The summed E-state index contributed by atoms with van der Waals surface area (Å²) in [6, 6.07) is 4.42. The van der Waals surface area contributed by atoms with Crippen LogP contribution in [0.4, 0.5) is 0 Å². The van der Waals surface area contributed by atoms with Crippen LogP contribution in [0.25, 0.3) is 0 Å². The predicted octanol–water partition coefficient (Wildman–Crippen LogP) is 3.36. The van der Waals surface area contributed by atoms with Crippen molar-refractivity contribution in [3.63, 3.8) is 0 Å². The van der Waals surface area contributed by atoms with Crippen molar-refractivity contribution in [2.45, 2.75) is 38.8 Å². The maximum absolute atomic E-state index is 5.66. The Morgan fingerprint density at radius 2 is 2.24 bits per heavy atom. The van der Waals surface area contributed by atoms with E-state index in [9.17, 15) is 0 Å². The Balaban J connectivity index is 1.59. The molecule has 4 nitrogen and oxygen atoms in total. The minimum atomic E-state index is 0.342. The van der Waals surface area contributed by atoms with Gasteiger partial charge >= 0.3 is 0 Å². The summed E-state index contributed by atoms with van der Waals surface area (Å²) >= 11 is 1.76. The lowest BCUT2D eigenvalue weighted by molar-refractivity contribution is 0.142. The number of piperidine rings is 1. The molecule has 3 rings (SSSR count). The van der Waals surface area contributed by atoms with E-state index in [1.807, 2.05) is 19.2 Å². The SMILES string of the molecule is Cc1ncc(CNCC(c2ccco2)N2CCCCC2)s1. The molecule has 0 radical (unpaired) electrons. The van der Waals surface area contributed by atoms with Crippen molar-refractivity contribution in [3.05, 3.63) is 40.2 Å². The summed E-state index contributed by atoms with van der Waals surface area (Å²) in [4.78, 5) is 8.15. The zero-order valence-corrected chi connectivity index (χ0v) is 13.4. The molecule has 0 bridgehead atoms. The topological polar surface area (TPSA) is 41.3 Å². The van der Waals surface area contributed by atoms with E-state index < -0.39 is 0 Å². The third-order valence-corrected chi connectivity index (χ3v) is 4.92. The van der Waals surface area contributed by atoms with Crippen LogP contribution in [-0.2, 0) is 6.54 Å². The first kappa shape index (κ1) is 14.8. The second-order valence-corrected chi connectivity index (χ2v) is 6.92. The molecule has 0 spiro atoms. The van der Waals surface area contributed by atoms with Gasteiger partial charge in [-0.05, 0) is 45.0 Å². The highest BCUT2D eigenvalue weighted by atomic mass is 32.1. The number of rotatable bonds is 6. The molecule has 1 N–H and O–H groups in total. The summed E-state index contributed by atoms with van der Waals surface area (Å²) in [6.07, 6.45) is 7.69. The van der Waals surface area contributed by atoms with Crippen molar-refractivity contribution in [1.29, 1.82) is 0 Å². The fourth-order valence-corrected chi connectivity index (χ4v) is 3.70. The Bertz CT molecular complexity index is 531. The quantitative estimate of drug-likeness (QED) is 0.888. The highest BCUT2D eigenvalue weighted by molar-refractivity contribution is 7.11. The number of aryl methyl sites for hydroxylation is 1. The van der Waals surface area contributed by atoms with Gasteiger partial charge in [-0.1, -0.05) is 6.42 Å². The fraction of sp³-hybridized carbons (Fsp3) is 0.562. The molecule has 0 aliphatic carbocycles. The van der Waals surface area contributed by atoms with E-state index in [1.54, 1.807) is 17.6 Å². The first-order valence-corrected chi connectivity index (χ1v) is 8.54. The lowest BCUT2D eigenvalue weighted by atomic mass is 10.1. The normalized spacial score (nSPS) is 18.0. The number of thiazole rings is 1. The highest BCUT2D eigenvalue weighted by Crippen LogP contribution is 2.24. The van der Waals surface area contributed by atoms with Crippen molar-refractivity contribution in [2.75, 3.05) is 19.6 Å². The van der Waals surface area contributed by atoms with Gasteiger partial charge in [0.25, 0.3) is 0 Å². The van der Waals surface area contributed by atoms with Crippen molar-refractivity contribution < 1.29 is 4.42 Å². The van der Waals surface area contributed by atoms with Gasteiger partial charge in [-0.25, -0.2) is 4.98 Å². The van der Waals surface area contributed by atoms with Crippen molar-refractivity contribution in [3.8, 4) is 0 Å². The standard InChI is InChI=1S/C16H23N3OS/c1-13-18-11-14(21-13)10-17-12-15(16-6-5-9-20-16)19-7-3-2-4-8-19/h5-6,9,11,15,17H,2-4,7-8,10,12H2,1H3. The Kier molecular flexibility index (Phi) is 5.06. The summed E-state index contributed by atoms with van der Waals surface area (Å²) in [6.45, 7) is 6.20. The molecule has 1 atom stereocenters. The number of likely N-dealkylation sites (tertiary alicyclic amines) is 1. The molecule has 3 heterocycles. The van der Waals surface area contributed by atoms with Gasteiger partial charge < -0.3 is 9.73 Å². The molecule has 0 amide bonds. The number of nitrogens with one attached hydrogen (secondary N) is 1. The molecule has 21 heavy (non-hydrogen) atoms. The summed E-state index contributed by atoms with van der Waals surface area (Å²) in [7, 11) is 0. The zero-order valence-electron chi connectivity index (χ0n) is 12.5. The van der Waals surface area contributed by atoms with Gasteiger partial charge in [0.1, 0.15) is 5.76 Å². The van der Waals surface area contributed by atoms with Gasteiger partial charge in [-0.3, -0.25) is 4.90 Å². The van der Waals surface area contributed by atoms with Crippen LogP contribution in [0, 0.1) is 6.92 Å². The third kappa shape index (κ3) is 3.93. The average molecular weight is 305 g/mol. The fourth-order valence-electron chi connectivity index (χ4n) is 2.94. The summed E-state index contributed by atoms with van der Waals surface area (Å²) in [5.74, 6) is 1.07. The van der Waals surface area contributed by atoms with E-state index >= 15 is 0 Å². The van der Waals surface area contributed by atoms with Gasteiger partial charge in [0, 0.05) is 24.2 Å². The molecule has 1 fully saturated rings. The summed E-state index contributed by atoms with van der Waals surface area (Å²) in [5, 5.41) is 4.70. The van der Waals surface area contributed by atoms with E-state index in [2.05, 4.69) is 21.3 Å². The molecular weight excluding hydrogens is 282 g/mol. The molecule has 0 aromatic carbocycles. The van der Waals surface area contributed by atoms with Crippen LogP contribution in [0.15, 0.2) is 29.0 Å². The second kappa shape index (κ2) is 7.20. The smallest absolute Gasteiger partial charge is 0.122 e. The van der Waals surface area contributed by atoms with Crippen LogP contribution in [0.3, 0.4) is 0 Å². The van der Waals surface area contributed by atoms with Crippen LogP contribution in [0.2, 0.25) is 0 Å². The number of aromatic nitrogens is 1. The Morgan fingerprint density at radius 3 is 2.90 bits per heavy atom. The average Bonchev–Trinajstić information content (AvgIpc) is 3.16. The van der Waals surface area contributed by atoms with Gasteiger partial charge in [-0.15, -0.1) is 11.3 Å². The lowest BCUT2D eigenvalue weighted by Crippen LogP contribution is -2.38. The van der Waals surface area contributed by atoms with Crippen LogP contribution >= 0.6 is 11.3 Å². The molecule has 2 aromatic heterocycles. The van der Waals surface area contributed by atoms with E-state index in [-0.39, 0.29) is 0 Å². The van der Waals surface area contributed by atoms with Crippen molar-refractivity contribution in [1.82, 2.24) is 15.2 Å². The molecule has 1 aliphatic rings. The monoisotopic (exact) mass is 305 g/mol. The molecule has 2 aromatic rings. The maximum atomic E-state index is 5.66. The summed E-state index contributed by atoms with van der Waals surface area (Å²) in [5.41, 5.74) is 0. The molecule has 1 unspecified atom stereocenters. The number of hydrogen-bond donors (Lipinski definition) is 1. The molecule has 0 saturated carbocycles. The van der Waals surface area contributed by atoms with Crippen LogP contribution in [0.5, 0.6) is 0 Å². The first-order chi connectivity index (χ1) is 10.3. The maximum Gasteiger partial charge on any atom is 0.122 e. The Labute approximate surface area is 130 Å².